The number of hydrogen-bond acceptors (Lipinski definition) is 5. The van der Waals surface area contributed by atoms with Gasteiger partial charge in [0, 0.05) is 57.9 Å². The predicted molar refractivity (Wildman–Crippen MR) is 116 cm³/mol. The fourth-order valence-electron chi connectivity index (χ4n) is 3.91. The lowest BCUT2D eigenvalue weighted by Crippen LogP contribution is -2.54. The average molecular weight is 417 g/mol. The molecular formula is C21H32N6O3. The van der Waals surface area contributed by atoms with Gasteiger partial charge in [-0.2, -0.15) is 0 Å². The molecule has 0 bridgehead atoms. The van der Waals surface area contributed by atoms with Crippen LogP contribution in [0.4, 0.5) is 5.69 Å². The Balaban J connectivity index is 1.53. The molecule has 30 heavy (non-hydrogen) atoms. The monoisotopic (exact) mass is 416 g/mol. The molecule has 3 rings (SSSR count). The number of rotatable bonds is 6. The van der Waals surface area contributed by atoms with Gasteiger partial charge >= 0.3 is 0 Å². The number of carbonyl (C=O) groups is 1. The number of piperidine rings is 1. The van der Waals surface area contributed by atoms with Gasteiger partial charge in [-0.25, -0.2) is 4.99 Å². The van der Waals surface area contributed by atoms with Crippen molar-refractivity contribution in [3.05, 3.63) is 39.9 Å². The number of nitro benzene ring substituents is 1. The Morgan fingerprint density at radius 3 is 2.50 bits per heavy atom. The van der Waals surface area contributed by atoms with Crippen molar-refractivity contribution < 1.29 is 9.72 Å². The molecule has 2 heterocycles. The van der Waals surface area contributed by atoms with Crippen LogP contribution in [-0.2, 0) is 11.3 Å². The Labute approximate surface area is 177 Å². The van der Waals surface area contributed by atoms with Crippen molar-refractivity contribution in [2.75, 3.05) is 52.4 Å². The van der Waals surface area contributed by atoms with E-state index in [1.165, 1.54) is 12.5 Å². The molecule has 2 fully saturated rings. The van der Waals surface area contributed by atoms with E-state index in [1.807, 2.05) is 17.9 Å². The summed E-state index contributed by atoms with van der Waals surface area (Å²) in [4.78, 5) is 34.2. The van der Waals surface area contributed by atoms with E-state index in [0.29, 0.717) is 13.1 Å². The lowest BCUT2D eigenvalue weighted by atomic mass is 10.1. The van der Waals surface area contributed by atoms with Crippen LogP contribution in [0.3, 0.4) is 0 Å². The number of piperazine rings is 1. The molecule has 1 aromatic rings. The molecule has 0 radical (unpaired) electrons. The molecule has 0 saturated carbocycles. The van der Waals surface area contributed by atoms with Crippen LogP contribution in [-0.4, -0.2) is 83.8 Å². The minimum absolute atomic E-state index is 0.0830. The standard InChI is InChI=1S/C21H32N6O3/c1-2-22-21(23-16-18-7-6-8-19(15-18)27(29)30)26-13-11-24(12-14-26)17-20(28)25-9-4-3-5-10-25/h6-8,15H,2-5,9-14,16-17H2,1H3,(H,22,23). The maximum Gasteiger partial charge on any atom is 0.269 e. The fourth-order valence-corrected chi connectivity index (χ4v) is 3.91. The molecule has 0 spiro atoms. The van der Waals surface area contributed by atoms with E-state index in [0.717, 1.165) is 70.2 Å². The van der Waals surface area contributed by atoms with E-state index < -0.39 is 0 Å². The molecule has 0 aromatic heterocycles. The Kier molecular flexibility index (Phi) is 8.01. The number of nitrogens with zero attached hydrogens (tertiary/aromatic N) is 5. The highest BCUT2D eigenvalue weighted by atomic mass is 16.6. The number of nitrogens with one attached hydrogen (secondary N) is 1. The minimum Gasteiger partial charge on any atom is -0.357 e. The van der Waals surface area contributed by atoms with Crippen LogP contribution >= 0.6 is 0 Å². The third-order valence-corrected chi connectivity index (χ3v) is 5.61. The topological polar surface area (TPSA) is 94.3 Å². The van der Waals surface area contributed by atoms with Crippen LogP contribution in [0, 0.1) is 10.1 Å². The molecule has 2 aliphatic rings. The molecule has 2 saturated heterocycles. The second kappa shape index (κ2) is 10.9. The number of carbonyl (C=O) groups excluding carboxylic acids is 1. The van der Waals surface area contributed by atoms with E-state index in [1.54, 1.807) is 12.1 Å². The predicted octanol–water partition coefficient (Wildman–Crippen LogP) is 1.69. The van der Waals surface area contributed by atoms with Gasteiger partial charge in [0.1, 0.15) is 0 Å². The Hall–Kier alpha value is -2.68. The first-order chi connectivity index (χ1) is 14.6. The van der Waals surface area contributed by atoms with Crippen molar-refractivity contribution in [2.45, 2.75) is 32.7 Å². The van der Waals surface area contributed by atoms with Crippen LogP contribution in [0.5, 0.6) is 0 Å². The summed E-state index contributed by atoms with van der Waals surface area (Å²) in [5, 5.41) is 14.3. The normalized spacial score (nSPS) is 18.4. The largest absolute Gasteiger partial charge is 0.357 e. The fraction of sp³-hybridized carbons (Fsp3) is 0.619. The first-order valence-electron chi connectivity index (χ1n) is 10.8. The maximum atomic E-state index is 12.5. The zero-order chi connectivity index (χ0) is 21.3. The Morgan fingerprint density at radius 2 is 1.83 bits per heavy atom. The van der Waals surface area contributed by atoms with Crippen LogP contribution in [0.15, 0.2) is 29.3 Å². The second-order valence-corrected chi connectivity index (χ2v) is 7.80. The number of non-ortho nitro benzene ring substituents is 1. The van der Waals surface area contributed by atoms with E-state index in [2.05, 4.69) is 20.1 Å². The average Bonchev–Trinajstić information content (AvgIpc) is 2.78. The zero-order valence-electron chi connectivity index (χ0n) is 17.8. The van der Waals surface area contributed by atoms with Gasteiger partial charge in [0.05, 0.1) is 18.0 Å². The summed E-state index contributed by atoms with van der Waals surface area (Å²) in [6.07, 6.45) is 3.46. The van der Waals surface area contributed by atoms with Crippen LogP contribution < -0.4 is 5.32 Å². The van der Waals surface area contributed by atoms with Gasteiger partial charge < -0.3 is 15.1 Å². The van der Waals surface area contributed by atoms with Crippen molar-refractivity contribution in [1.29, 1.82) is 0 Å². The van der Waals surface area contributed by atoms with Crippen LogP contribution in [0.25, 0.3) is 0 Å². The van der Waals surface area contributed by atoms with Crippen LogP contribution in [0.2, 0.25) is 0 Å². The van der Waals surface area contributed by atoms with E-state index in [-0.39, 0.29) is 16.5 Å². The van der Waals surface area contributed by atoms with Crippen molar-refractivity contribution in [2.24, 2.45) is 4.99 Å². The molecule has 1 amide bonds. The molecule has 164 valence electrons. The number of aliphatic imine (C=N–C) groups is 1. The summed E-state index contributed by atoms with van der Waals surface area (Å²) in [7, 11) is 0. The summed E-state index contributed by atoms with van der Waals surface area (Å²) < 4.78 is 0. The lowest BCUT2D eigenvalue weighted by molar-refractivity contribution is -0.384. The third kappa shape index (κ3) is 6.16. The molecule has 9 nitrogen and oxygen atoms in total. The molecule has 9 heteroatoms. The number of amides is 1. The van der Waals surface area contributed by atoms with Crippen molar-refractivity contribution >= 4 is 17.6 Å². The molecule has 1 aromatic carbocycles. The van der Waals surface area contributed by atoms with Crippen molar-refractivity contribution in [1.82, 2.24) is 20.0 Å². The first kappa shape index (κ1) is 22.0. The quantitative estimate of drug-likeness (QED) is 0.328. The van der Waals surface area contributed by atoms with Crippen molar-refractivity contribution in [3.8, 4) is 0 Å². The smallest absolute Gasteiger partial charge is 0.269 e. The summed E-state index contributed by atoms with van der Waals surface area (Å²) in [5.74, 6) is 1.06. The summed E-state index contributed by atoms with van der Waals surface area (Å²) in [6, 6.07) is 6.60. The van der Waals surface area contributed by atoms with E-state index >= 15 is 0 Å². The number of nitro groups is 1. The summed E-state index contributed by atoms with van der Waals surface area (Å²) >= 11 is 0. The van der Waals surface area contributed by atoms with Gasteiger partial charge in [0.2, 0.25) is 5.91 Å². The molecular weight excluding hydrogens is 384 g/mol. The SMILES string of the molecule is CCNC(=NCc1cccc([N+](=O)[O-])c1)N1CCN(CC(=O)N2CCCCC2)CC1. The van der Waals surface area contributed by atoms with Gasteiger partial charge in [0.25, 0.3) is 5.69 Å². The summed E-state index contributed by atoms with van der Waals surface area (Å²) in [6.45, 7) is 8.69. The molecule has 0 atom stereocenters. The lowest BCUT2D eigenvalue weighted by Gasteiger charge is -2.37. The Morgan fingerprint density at radius 1 is 1.10 bits per heavy atom. The van der Waals surface area contributed by atoms with Gasteiger partial charge in [0.15, 0.2) is 5.96 Å². The third-order valence-electron chi connectivity index (χ3n) is 5.61. The van der Waals surface area contributed by atoms with Crippen molar-refractivity contribution in [3.63, 3.8) is 0 Å². The zero-order valence-corrected chi connectivity index (χ0v) is 17.8. The van der Waals surface area contributed by atoms with Gasteiger partial charge in [-0.1, -0.05) is 12.1 Å². The van der Waals surface area contributed by atoms with E-state index in [9.17, 15) is 14.9 Å². The van der Waals surface area contributed by atoms with Gasteiger partial charge in [-0.3, -0.25) is 19.8 Å². The van der Waals surface area contributed by atoms with Gasteiger partial charge in [-0.05, 0) is 31.7 Å². The minimum atomic E-state index is -0.386. The second-order valence-electron chi connectivity index (χ2n) is 7.80. The van der Waals surface area contributed by atoms with Crippen LogP contribution in [0.1, 0.15) is 31.7 Å². The number of benzene rings is 1. The summed E-state index contributed by atoms with van der Waals surface area (Å²) in [5.41, 5.74) is 0.894. The highest BCUT2D eigenvalue weighted by molar-refractivity contribution is 5.80. The number of hydrogen-bond donors (Lipinski definition) is 1. The number of guanidine groups is 1. The maximum absolute atomic E-state index is 12.5. The molecule has 0 aliphatic carbocycles. The molecule has 0 unspecified atom stereocenters. The highest BCUT2D eigenvalue weighted by Crippen LogP contribution is 2.14. The highest BCUT2D eigenvalue weighted by Gasteiger charge is 2.24. The van der Waals surface area contributed by atoms with Gasteiger partial charge in [-0.15, -0.1) is 0 Å². The first-order valence-corrected chi connectivity index (χ1v) is 10.8. The number of likely N-dealkylation sites (tertiary alicyclic amines) is 1. The Bertz CT molecular complexity index is 755. The molecule has 1 N–H and O–H groups in total. The van der Waals surface area contributed by atoms with E-state index in [4.69, 9.17) is 0 Å². The molecule has 2 aliphatic heterocycles.